The summed E-state index contributed by atoms with van der Waals surface area (Å²) in [4.78, 5) is 23.8. The molecule has 1 aliphatic carbocycles. The van der Waals surface area contributed by atoms with Crippen LogP contribution in [0.25, 0.3) is 16.8 Å². The summed E-state index contributed by atoms with van der Waals surface area (Å²) in [7, 11) is 0. The Morgan fingerprint density at radius 3 is 2.45 bits per heavy atom. The van der Waals surface area contributed by atoms with Crippen LogP contribution in [0.1, 0.15) is 30.2 Å². The maximum atomic E-state index is 12.0. The van der Waals surface area contributed by atoms with Gasteiger partial charge in [-0.3, -0.25) is 4.79 Å². The zero-order valence-corrected chi connectivity index (χ0v) is 18.1. The highest BCUT2D eigenvalue weighted by Crippen LogP contribution is 2.40. The number of allylic oxidation sites excluding steroid dienone is 2. The van der Waals surface area contributed by atoms with Crippen molar-refractivity contribution in [1.29, 1.82) is 0 Å². The average Bonchev–Trinajstić information content (AvgIpc) is 3.22. The smallest absolute Gasteiger partial charge is 0.331 e. The Hall–Kier alpha value is -4.04. The number of carboxylic acids is 2. The van der Waals surface area contributed by atoms with Gasteiger partial charge in [0.25, 0.3) is 0 Å². The van der Waals surface area contributed by atoms with E-state index in [4.69, 9.17) is 5.73 Å². The van der Waals surface area contributed by atoms with Crippen LogP contribution >= 0.6 is 0 Å². The molecule has 168 valence electrons. The fraction of sp³-hybridized carbons (Fsp3) is 0.200. The Balaban J connectivity index is 1.94. The van der Waals surface area contributed by atoms with Crippen molar-refractivity contribution in [1.82, 2.24) is 15.0 Å². The molecule has 0 aliphatic heterocycles. The molecule has 0 amide bonds. The van der Waals surface area contributed by atoms with Crippen molar-refractivity contribution >= 4 is 17.5 Å². The molecule has 1 unspecified atom stereocenters. The Labute approximate surface area is 190 Å². The molecule has 1 atom stereocenters. The summed E-state index contributed by atoms with van der Waals surface area (Å²) in [5.74, 6) is -2.26. The molecule has 8 heteroatoms. The lowest BCUT2D eigenvalue weighted by Gasteiger charge is -2.26. The number of aliphatic carboxylic acids is 2. The van der Waals surface area contributed by atoms with Gasteiger partial charge in [-0.25, -0.2) is 9.48 Å². The fourth-order valence-electron chi connectivity index (χ4n) is 4.05. The zero-order chi connectivity index (χ0) is 23.6. The second kappa shape index (κ2) is 8.84. The number of aromatic nitrogens is 3. The number of carbonyl (C=O) groups is 2. The van der Waals surface area contributed by atoms with E-state index in [-0.39, 0.29) is 18.5 Å². The average molecular weight is 444 g/mol. The Morgan fingerprint density at radius 2 is 1.79 bits per heavy atom. The highest BCUT2D eigenvalue weighted by atomic mass is 16.4. The maximum absolute atomic E-state index is 12.0. The summed E-state index contributed by atoms with van der Waals surface area (Å²) in [6.45, 7) is 2.22. The monoisotopic (exact) mass is 444 g/mol. The van der Waals surface area contributed by atoms with E-state index in [1.165, 1.54) is 13.0 Å². The lowest BCUT2D eigenvalue weighted by Crippen LogP contribution is -2.29. The third-order valence-corrected chi connectivity index (χ3v) is 5.80. The van der Waals surface area contributed by atoms with Crippen molar-refractivity contribution in [3.8, 4) is 11.3 Å². The predicted molar refractivity (Wildman–Crippen MR) is 123 cm³/mol. The van der Waals surface area contributed by atoms with Gasteiger partial charge in [0.05, 0.1) is 17.7 Å². The summed E-state index contributed by atoms with van der Waals surface area (Å²) in [6.07, 6.45) is 2.93. The minimum Gasteiger partial charge on any atom is -0.481 e. The van der Waals surface area contributed by atoms with Gasteiger partial charge in [-0.2, -0.15) is 0 Å². The van der Waals surface area contributed by atoms with E-state index in [0.29, 0.717) is 23.5 Å². The van der Waals surface area contributed by atoms with Crippen LogP contribution in [0.15, 0.2) is 72.3 Å². The number of rotatable bonds is 7. The Bertz CT molecular complexity index is 1280. The van der Waals surface area contributed by atoms with Gasteiger partial charge in [0, 0.05) is 23.3 Å². The molecule has 1 heterocycles. The molecule has 0 spiro atoms. The molecule has 4 N–H and O–H groups in total. The number of carboxylic acid groups (broad SMARTS) is 2. The van der Waals surface area contributed by atoms with Gasteiger partial charge >= 0.3 is 11.9 Å². The Kier molecular flexibility index (Phi) is 5.93. The van der Waals surface area contributed by atoms with Crippen molar-refractivity contribution in [3.63, 3.8) is 0 Å². The van der Waals surface area contributed by atoms with Crippen LogP contribution < -0.4 is 5.73 Å². The van der Waals surface area contributed by atoms with Crippen molar-refractivity contribution in [2.24, 2.45) is 11.1 Å². The minimum atomic E-state index is -1.38. The molecule has 0 saturated heterocycles. The summed E-state index contributed by atoms with van der Waals surface area (Å²) < 4.78 is 1.74. The van der Waals surface area contributed by atoms with Gasteiger partial charge in [-0.1, -0.05) is 65.9 Å². The van der Waals surface area contributed by atoms with Crippen molar-refractivity contribution in [2.75, 3.05) is 0 Å². The third-order valence-electron chi connectivity index (χ3n) is 5.80. The molecule has 0 bridgehead atoms. The van der Waals surface area contributed by atoms with E-state index in [0.717, 1.165) is 16.7 Å². The van der Waals surface area contributed by atoms with Crippen LogP contribution in [-0.4, -0.2) is 37.1 Å². The van der Waals surface area contributed by atoms with Crippen LogP contribution in [0.3, 0.4) is 0 Å². The molecule has 4 rings (SSSR count). The summed E-state index contributed by atoms with van der Waals surface area (Å²) in [5.41, 5.74) is 8.79. The van der Waals surface area contributed by atoms with E-state index in [2.05, 4.69) is 10.3 Å². The van der Waals surface area contributed by atoms with Crippen LogP contribution in [0.5, 0.6) is 0 Å². The molecule has 1 aliphatic rings. The van der Waals surface area contributed by atoms with Gasteiger partial charge < -0.3 is 15.9 Å². The quantitative estimate of drug-likeness (QED) is 0.509. The highest BCUT2D eigenvalue weighted by molar-refractivity contribution is 5.97. The van der Waals surface area contributed by atoms with E-state index in [1.807, 2.05) is 54.6 Å². The molecule has 33 heavy (non-hydrogen) atoms. The molecule has 8 nitrogen and oxygen atoms in total. The number of hydrogen-bond donors (Lipinski definition) is 3. The normalized spacial score (nSPS) is 17.9. The molecular weight excluding hydrogens is 420 g/mol. The second-order valence-electron chi connectivity index (χ2n) is 8.26. The number of hydrogen-bond acceptors (Lipinski definition) is 5. The molecule has 0 radical (unpaired) electrons. The van der Waals surface area contributed by atoms with Crippen molar-refractivity contribution in [2.45, 2.75) is 26.4 Å². The topological polar surface area (TPSA) is 131 Å². The number of benzene rings is 2. The molecule has 1 aromatic heterocycles. The second-order valence-corrected chi connectivity index (χ2v) is 8.26. The largest absolute Gasteiger partial charge is 0.481 e. The van der Waals surface area contributed by atoms with Gasteiger partial charge in [-0.05, 0) is 30.5 Å². The summed E-state index contributed by atoms with van der Waals surface area (Å²) in [6, 6.07) is 17.3. The van der Waals surface area contributed by atoms with Gasteiger partial charge in [0.15, 0.2) is 0 Å². The van der Waals surface area contributed by atoms with E-state index >= 15 is 0 Å². The maximum Gasteiger partial charge on any atom is 0.331 e. The molecule has 0 fully saturated rings. The Morgan fingerprint density at radius 1 is 1.09 bits per heavy atom. The van der Waals surface area contributed by atoms with Gasteiger partial charge in [-0.15, -0.1) is 5.10 Å². The van der Waals surface area contributed by atoms with Crippen LogP contribution in [0.2, 0.25) is 0 Å². The molecule has 0 saturated carbocycles. The highest BCUT2D eigenvalue weighted by Gasteiger charge is 2.38. The van der Waals surface area contributed by atoms with Crippen molar-refractivity contribution < 1.29 is 19.8 Å². The van der Waals surface area contributed by atoms with Crippen LogP contribution in [0, 0.1) is 5.41 Å². The summed E-state index contributed by atoms with van der Waals surface area (Å²) in [5, 5.41) is 28.2. The standard InChI is InChI=1S/C25H24N4O4/c1-25(24(32)33)12-18(11-19(13-25)23(30)31)21-22(20-10-6-5-9-17(20)14-26)29(28-27-21)15-16-7-3-2-4-8-16/h2-12H,13-15,26H2,1H3,(H,30,31)(H,32,33). The minimum absolute atomic E-state index is 0.00747. The zero-order valence-electron chi connectivity index (χ0n) is 18.1. The van der Waals surface area contributed by atoms with Crippen LogP contribution in [0.4, 0.5) is 0 Å². The van der Waals surface area contributed by atoms with E-state index < -0.39 is 17.4 Å². The van der Waals surface area contributed by atoms with Gasteiger partial charge in [0.2, 0.25) is 0 Å². The summed E-state index contributed by atoms with van der Waals surface area (Å²) >= 11 is 0. The SMILES string of the molecule is CC1(C(=O)O)C=C(c2nnn(Cc3ccccc3)c2-c2ccccc2CN)C=C(C(=O)O)C1. The molecule has 2 aromatic carbocycles. The molecule has 3 aromatic rings. The van der Waals surface area contributed by atoms with E-state index in [9.17, 15) is 19.8 Å². The number of nitrogens with zero attached hydrogens (tertiary/aromatic N) is 3. The third kappa shape index (κ3) is 4.33. The molecular formula is C25H24N4O4. The first kappa shape index (κ1) is 22.2. The predicted octanol–water partition coefficient (Wildman–Crippen LogP) is 3.34. The lowest BCUT2D eigenvalue weighted by atomic mass is 9.77. The van der Waals surface area contributed by atoms with E-state index in [1.54, 1.807) is 10.8 Å². The first-order valence-electron chi connectivity index (χ1n) is 10.5. The first-order chi connectivity index (χ1) is 15.8. The van der Waals surface area contributed by atoms with Crippen LogP contribution in [-0.2, 0) is 22.7 Å². The van der Waals surface area contributed by atoms with Crippen molar-refractivity contribution in [3.05, 3.63) is 89.1 Å². The fourth-order valence-corrected chi connectivity index (χ4v) is 4.05. The number of nitrogens with two attached hydrogens (primary N) is 1. The van der Waals surface area contributed by atoms with Gasteiger partial charge in [0.1, 0.15) is 5.69 Å². The first-order valence-corrected chi connectivity index (χ1v) is 10.5. The lowest BCUT2D eigenvalue weighted by molar-refractivity contribution is -0.145.